The van der Waals surface area contributed by atoms with Crippen molar-refractivity contribution in [1.29, 1.82) is 0 Å². The Morgan fingerprint density at radius 3 is 2.51 bits per heavy atom. The molecule has 9 nitrogen and oxygen atoms in total. The Morgan fingerprint density at radius 2 is 1.80 bits per heavy atom. The number of aromatic nitrogens is 3. The van der Waals surface area contributed by atoms with Crippen molar-refractivity contribution < 1.29 is 18.5 Å². The van der Waals surface area contributed by atoms with Gasteiger partial charge in [0.05, 0.1) is 27.8 Å². The highest BCUT2D eigenvalue weighted by Crippen LogP contribution is 2.37. The summed E-state index contributed by atoms with van der Waals surface area (Å²) in [5.41, 5.74) is 3.18. The van der Waals surface area contributed by atoms with Crippen molar-refractivity contribution in [2.45, 2.75) is 74.5 Å². The molecule has 3 atom stereocenters. The third-order valence-electron chi connectivity index (χ3n) is 8.72. The average molecular weight is 633 g/mol. The fourth-order valence-corrected chi connectivity index (χ4v) is 7.34. The van der Waals surface area contributed by atoms with Gasteiger partial charge in [0, 0.05) is 54.3 Å². The molecule has 0 bridgehead atoms. The summed E-state index contributed by atoms with van der Waals surface area (Å²) in [6.45, 7) is 7.44. The maximum atomic E-state index is 14.4. The second-order valence-electron chi connectivity index (χ2n) is 12.0. The van der Waals surface area contributed by atoms with Crippen molar-refractivity contribution in [2.75, 3.05) is 13.1 Å². The first-order valence-electron chi connectivity index (χ1n) is 15.0. The number of hydrogen-bond acceptors (Lipinski definition) is 7. The third kappa shape index (κ3) is 6.48. The molecule has 0 radical (unpaired) electrons. The van der Waals surface area contributed by atoms with Crippen LogP contribution in [-0.4, -0.2) is 60.8 Å². The third-order valence-corrected chi connectivity index (χ3v) is 9.79. The standard InChI is InChI=1S/C33H34F2N6O3S/c1-20-7-10-26(11-8-20)45-32-12-9-23(13-31(32)41(43)44)33(42)38-16-21(2)39(22(3)17-38)18-25-19-40(37-36-25)30-6-4-5-27-28(30)14-24(34)15-29(27)35/h7-15,19,21-22,30H,4-6,16-18H2,1-3H3/t21-,22+,30-/m0/s1. The summed E-state index contributed by atoms with van der Waals surface area (Å²) in [6, 6.07) is 14.4. The number of aryl methyl sites for hydroxylation is 1. The Kier molecular flexibility index (Phi) is 8.69. The van der Waals surface area contributed by atoms with E-state index in [0.717, 1.165) is 35.1 Å². The summed E-state index contributed by atoms with van der Waals surface area (Å²) in [5, 5.41) is 20.7. The Hall–Kier alpha value is -4.16. The first kappa shape index (κ1) is 30.8. The number of halogens is 2. The van der Waals surface area contributed by atoms with Crippen LogP contribution in [0.3, 0.4) is 0 Å². The number of piperazine rings is 1. The smallest absolute Gasteiger partial charge is 0.284 e. The van der Waals surface area contributed by atoms with Crippen LogP contribution in [0.5, 0.6) is 0 Å². The highest BCUT2D eigenvalue weighted by atomic mass is 32.2. The minimum atomic E-state index is -0.597. The summed E-state index contributed by atoms with van der Waals surface area (Å²) in [5.74, 6) is -1.36. The summed E-state index contributed by atoms with van der Waals surface area (Å²) < 4.78 is 30.2. The van der Waals surface area contributed by atoms with E-state index in [-0.39, 0.29) is 35.3 Å². The van der Waals surface area contributed by atoms with E-state index in [4.69, 9.17) is 0 Å². The Bertz CT molecular complexity index is 1730. The molecular formula is C33H34F2N6O3S. The van der Waals surface area contributed by atoms with E-state index in [1.54, 1.807) is 21.7 Å². The van der Waals surface area contributed by atoms with Gasteiger partial charge in [0.2, 0.25) is 0 Å². The number of nitro groups is 1. The Labute approximate surface area is 264 Å². The molecule has 0 N–H and O–H groups in total. The van der Waals surface area contributed by atoms with Crippen LogP contribution in [0.2, 0.25) is 0 Å². The van der Waals surface area contributed by atoms with Crippen molar-refractivity contribution in [3.05, 3.63) is 110 Å². The molecule has 3 aromatic carbocycles. The normalized spacial score (nSPS) is 20.2. The van der Waals surface area contributed by atoms with E-state index in [9.17, 15) is 23.7 Å². The van der Waals surface area contributed by atoms with Gasteiger partial charge < -0.3 is 4.90 Å². The molecule has 6 rings (SSSR count). The zero-order valence-corrected chi connectivity index (χ0v) is 26.1. The van der Waals surface area contributed by atoms with Crippen molar-refractivity contribution in [3.63, 3.8) is 0 Å². The topological polar surface area (TPSA) is 97.4 Å². The predicted octanol–water partition coefficient (Wildman–Crippen LogP) is 6.58. The van der Waals surface area contributed by atoms with Gasteiger partial charge in [-0.1, -0.05) is 34.7 Å². The zero-order valence-electron chi connectivity index (χ0n) is 25.3. The van der Waals surface area contributed by atoms with E-state index in [1.807, 2.05) is 51.2 Å². The predicted molar refractivity (Wildman–Crippen MR) is 166 cm³/mol. The van der Waals surface area contributed by atoms with Gasteiger partial charge in [-0.2, -0.15) is 0 Å². The number of amides is 1. The molecule has 1 aliphatic heterocycles. The molecule has 4 aromatic rings. The number of hydrogen-bond donors (Lipinski definition) is 0. The molecule has 2 heterocycles. The number of benzene rings is 3. The molecule has 1 aliphatic carbocycles. The Balaban J connectivity index is 1.13. The van der Waals surface area contributed by atoms with Crippen LogP contribution in [0.4, 0.5) is 14.5 Å². The van der Waals surface area contributed by atoms with Crippen LogP contribution >= 0.6 is 11.8 Å². The maximum Gasteiger partial charge on any atom is 0.284 e. The molecule has 0 unspecified atom stereocenters. The fourth-order valence-electron chi connectivity index (χ4n) is 6.44. The quantitative estimate of drug-likeness (QED) is 0.168. The number of carbonyl (C=O) groups excluding carboxylic acids is 1. The largest absolute Gasteiger partial charge is 0.336 e. The maximum absolute atomic E-state index is 14.4. The number of carbonyl (C=O) groups is 1. The van der Waals surface area contributed by atoms with E-state index in [1.165, 1.54) is 23.9 Å². The van der Waals surface area contributed by atoms with Gasteiger partial charge in [-0.25, -0.2) is 13.5 Å². The number of nitro benzene ring substituents is 1. The molecule has 0 saturated carbocycles. The minimum absolute atomic E-state index is 0.0206. The zero-order chi connectivity index (χ0) is 31.8. The highest BCUT2D eigenvalue weighted by molar-refractivity contribution is 7.99. The number of fused-ring (bicyclic) bond motifs is 1. The number of nitrogens with zero attached hydrogens (tertiary/aromatic N) is 6. The van der Waals surface area contributed by atoms with E-state index in [2.05, 4.69) is 15.2 Å². The van der Waals surface area contributed by atoms with Gasteiger partial charge in [0.1, 0.15) is 11.6 Å². The van der Waals surface area contributed by atoms with Crippen molar-refractivity contribution in [3.8, 4) is 0 Å². The second kappa shape index (κ2) is 12.7. The van der Waals surface area contributed by atoms with Gasteiger partial charge in [0.15, 0.2) is 0 Å². The lowest BCUT2D eigenvalue weighted by molar-refractivity contribution is -0.387. The van der Waals surface area contributed by atoms with Gasteiger partial charge >= 0.3 is 0 Å². The minimum Gasteiger partial charge on any atom is -0.336 e. The van der Waals surface area contributed by atoms with Crippen LogP contribution in [0, 0.1) is 28.7 Å². The van der Waals surface area contributed by atoms with Crippen molar-refractivity contribution in [1.82, 2.24) is 24.8 Å². The SMILES string of the molecule is Cc1ccc(Sc2ccc(C(=O)N3C[C@@H](C)N(Cc4cn([C@H]5CCCc6c(F)cc(F)cc65)nn4)[C@@H](C)C3)cc2[N+](=O)[O-])cc1. The summed E-state index contributed by atoms with van der Waals surface area (Å²) in [6.07, 6.45) is 3.91. The Morgan fingerprint density at radius 1 is 1.07 bits per heavy atom. The number of rotatable bonds is 7. The van der Waals surface area contributed by atoms with Crippen LogP contribution in [0.1, 0.15) is 65.5 Å². The first-order chi connectivity index (χ1) is 21.6. The molecule has 1 saturated heterocycles. The van der Waals surface area contributed by atoms with E-state index < -0.39 is 16.6 Å². The lowest BCUT2D eigenvalue weighted by atomic mass is 9.87. The molecule has 1 aromatic heterocycles. The molecule has 12 heteroatoms. The van der Waals surface area contributed by atoms with Gasteiger partial charge in [0.25, 0.3) is 11.6 Å². The molecule has 2 aliphatic rings. The fraction of sp³-hybridized carbons (Fsp3) is 0.364. The highest BCUT2D eigenvalue weighted by Gasteiger charge is 2.34. The molecule has 45 heavy (non-hydrogen) atoms. The molecule has 234 valence electrons. The van der Waals surface area contributed by atoms with E-state index >= 15 is 0 Å². The van der Waals surface area contributed by atoms with Crippen molar-refractivity contribution in [2.24, 2.45) is 0 Å². The average Bonchev–Trinajstić information content (AvgIpc) is 3.48. The summed E-state index contributed by atoms with van der Waals surface area (Å²) >= 11 is 1.30. The van der Waals surface area contributed by atoms with E-state index in [0.29, 0.717) is 42.1 Å². The van der Waals surface area contributed by atoms with Gasteiger partial charge in [-0.05, 0) is 81.5 Å². The lowest BCUT2D eigenvalue weighted by Gasteiger charge is -2.44. The molecule has 1 fully saturated rings. The van der Waals surface area contributed by atoms with Gasteiger partial charge in [-0.15, -0.1) is 5.10 Å². The van der Waals surface area contributed by atoms with Crippen LogP contribution in [0.15, 0.2) is 70.6 Å². The van der Waals surface area contributed by atoms with Crippen molar-refractivity contribution >= 4 is 23.4 Å². The lowest BCUT2D eigenvalue weighted by Crippen LogP contribution is -2.57. The summed E-state index contributed by atoms with van der Waals surface area (Å²) in [4.78, 5) is 30.4. The first-order valence-corrected chi connectivity index (χ1v) is 15.9. The van der Waals surface area contributed by atoms with Gasteiger partial charge in [-0.3, -0.25) is 19.8 Å². The second-order valence-corrected chi connectivity index (χ2v) is 13.1. The molecule has 1 amide bonds. The van der Waals surface area contributed by atoms with Crippen LogP contribution in [0.25, 0.3) is 0 Å². The van der Waals surface area contributed by atoms with Crippen LogP contribution in [-0.2, 0) is 13.0 Å². The molecule has 0 spiro atoms. The summed E-state index contributed by atoms with van der Waals surface area (Å²) in [7, 11) is 0. The monoisotopic (exact) mass is 632 g/mol. The van der Waals surface area contributed by atoms with Crippen LogP contribution < -0.4 is 0 Å². The molecular weight excluding hydrogens is 598 g/mol.